The largest absolute Gasteiger partial charge is 0.461 e. The van der Waals surface area contributed by atoms with Crippen molar-refractivity contribution in [3.8, 4) is 0 Å². The number of imide groups is 1. The molecule has 8 nitrogen and oxygen atoms in total. The first-order valence-corrected chi connectivity index (χ1v) is 7.88. The number of ether oxygens (including phenoxy) is 1. The topological polar surface area (TPSA) is 96.3 Å². The lowest BCUT2D eigenvalue weighted by atomic mass is 9.91. The third-order valence-electron chi connectivity index (χ3n) is 4.20. The Morgan fingerprint density at radius 1 is 1.20 bits per heavy atom. The van der Waals surface area contributed by atoms with Gasteiger partial charge in [0.1, 0.15) is 5.71 Å². The average molecular weight is 343 g/mol. The lowest BCUT2D eigenvalue weighted by Gasteiger charge is -2.28. The molecule has 0 bridgehead atoms. The van der Waals surface area contributed by atoms with E-state index in [0.717, 1.165) is 9.91 Å². The van der Waals surface area contributed by atoms with E-state index in [1.165, 1.54) is 6.92 Å². The number of para-hydroxylation sites is 1. The van der Waals surface area contributed by atoms with E-state index in [1.54, 1.807) is 37.3 Å². The molecule has 0 radical (unpaired) electrons. The van der Waals surface area contributed by atoms with Crippen molar-refractivity contribution in [2.45, 2.75) is 32.2 Å². The maximum absolute atomic E-state index is 13.1. The number of carbonyl (C=O) groups is 4. The summed E-state index contributed by atoms with van der Waals surface area (Å²) in [4.78, 5) is 50.6. The molecule has 25 heavy (non-hydrogen) atoms. The zero-order valence-electron chi connectivity index (χ0n) is 13.9. The Balaban J connectivity index is 1.98. The molecule has 0 aliphatic carbocycles. The Morgan fingerprint density at radius 3 is 2.48 bits per heavy atom. The molecular formula is C17H17N3O5. The van der Waals surface area contributed by atoms with Crippen molar-refractivity contribution < 1.29 is 23.9 Å². The zero-order chi connectivity index (χ0) is 18.2. The van der Waals surface area contributed by atoms with Crippen molar-refractivity contribution in [1.82, 2.24) is 5.01 Å². The maximum atomic E-state index is 13.1. The normalized spacial score (nSPS) is 22.6. The molecule has 2 heterocycles. The van der Waals surface area contributed by atoms with Crippen molar-refractivity contribution in [3.05, 3.63) is 30.3 Å². The van der Waals surface area contributed by atoms with Crippen molar-refractivity contribution in [3.63, 3.8) is 0 Å². The van der Waals surface area contributed by atoms with Crippen LogP contribution in [0.25, 0.3) is 0 Å². The fourth-order valence-corrected chi connectivity index (χ4v) is 3.17. The molecule has 3 rings (SSSR count). The van der Waals surface area contributed by atoms with Crippen LogP contribution in [0.3, 0.4) is 0 Å². The second kappa shape index (κ2) is 6.12. The number of amides is 3. The second-order valence-electron chi connectivity index (χ2n) is 5.85. The van der Waals surface area contributed by atoms with Crippen LogP contribution in [0.1, 0.15) is 26.7 Å². The van der Waals surface area contributed by atoms with Crippen molar-refractivity contribution in [1.29, 1.82) is 0 Å². The Labute approximate surface area is 144 Å². The number of benzene rings is 1. The molecule has 0 saturated carbocycles. The summed E-state index contributed by atoms with van der Waals surface area (Å²) in [6, 6.07) is 8.45. The molecule has 1 spiro atoms. The van der Waals surface area contributed by atoms with Crippen LogP contribution < -0.4 is 4.90 Å². The van der Waals surface area contributed by atoms with Crippen LogP contribution in [0.5, 0.6) is 0 Å². The third-order valence-corrected chi connectivity index (χ3v) is 4.20. The Morgan fingerprint density at radius 2 is 1.88 bits per heavy atom. The molecule has 1 atom stereocenters. The number of hydrogen-bond donors (Lipinski definition) is 0. The minimum Gasteiger partial charge on any atom is -0.461 e. The van der Waals surface area contributed by atoms with E-state index in [9.17, 15) is 19.2 Å². The molecular weight excluding hydrogens is 326 g/mol. The van der Waals surface area contributed by atoms with Gasteiger partial charge in [-0.05, 0) is 19.1 Å². The fraction of sp³-hybridized carbons (Fsp3) is 0.353. The first-order valence-electron chi connectivity index (χ1n) is 7.88. The number of anilines is 1. The molecule has 130 valence electrons. The summed E-state index contributed by atoms with van der Waals surface area (Å²) >= 11 is 0. The van der Waals surface area contributed by atoms with E-state index >= 15 is 0 Å². The van der Waals surface area contributed by atoms with Gasteiger partial charge in [-0.1, -0.05) is 18.2 Å². The molecule has 0 unspecified atom stereocenters. The molecule has 1 aromatic carbocycles. The summed E-state index contributed by atoms with van der Waals surface area (Å²) in [5.74, 6) is -2.22. The van der Waals surface area contributed by atoms with Crippen LogP contribution >= 0.6 is 0 Å². The van der Waals surface area contributed by atoms with E-state index < -0.39 is 29.2 Å². The standard InChI is InChI=1S/C17H17N3O5/c1-3-25-15(23)13-9-17(20(18-13)11(2)21)10-14(22)19(16(17)24)12-7-5-4-6-8-12/h4-8H,3,9-10H2,1-2H3/t17-/m0/s1. The third kappa shape index (κ3) is 2.59. The number of carbonyl (C=O) groups excluding carboxylic acids is 4. The van der Waals surface area contributed by atoms with E-state index in [0.29, 0.717) is 5.69 Å². The number of hydrogen-bond acceptors (Lipinski definition) is 6. The van der Waals surface area contributed by atoms with E-state index in [-0.39, 0.29) is 25.2 Å². The summed E-state index contributed by atoms with van der Waals surface area (Å²) in [7, 11) is 0. The van der Waals surface area contributed by atoms with E-state index in [1.807, 2.05) is 0 Å². The van der Waals surface area contributed by atoms with Crippen LogP contribution in [-0.2, 0) is 23.9 Å². The lowest BCUT2D eigenvalue weighted by molar-refractivity contribution is -0.141. The summed E-state index contributed by atoms with van der Waals surface area (Å²) in [5, 5.41) is 4.93. The van der Waals surface area contributed by atoms with Gasteiger partial charge in [0.05, 0.1) is 18.7 Å². The van der Waals surface area contributed by atoms with Gasteiger partial charge in [0.25, 0.3) is 5.91 Å². The van der Waals surface area contributed by atoms with Gasteiger partial charge in [-0.25, -0.2) is 14.7 Å². The molecule has 1 aromatic rings. The summed E-state index contributed by atoms with van der Waals surface area (Å²) < 4.78 is 4.91. The predicted octanol–water partition coefficient (Wildman–Crippen LogP) is 0.860. The van der Waals surface area contributed by atoms with Crippen molar-refractivity contribution in [2.24, 2.45) is 5.10 Å². The monoisotopic (exact) mass is 343 g/mol. The van der Waals surface area contributed by atoms with E-state index in [2.05, 4.69) is 5.10 Å². The highest BCUT2D eigenvalue weighted by molar-refractivity contribution is 6.39. The van der Waals surface area contributed by atoms with Crippen LogP contribution in [-0.4, -0.2) is 46.6 Å². The summed E-state index contributed by atoms with van der Waals surface area (Å²) in [6.45, 7) is 3.03. The number of esters is 1. The second-order valence-corrected chi connectivity index (χ2v) is 5.85. The fourth-order valence-electron chi connectivity index (χ4n) is 3.17. The number of nitrogens with zero attached hydrogens (tertiary/aromatic N) is 3. The van der Waals surface area contributed by atoms with Crippen LogP contribution in [0.2, 0.25) is 0 Å². The van der Waals surface area contributed by atoms with Gasteiger partial charge < -0.3 is 4.74 Å². The number of hydrazone groups is 1. The number of rotatable bonds is 3. The first kappa shape index (κ1) is 16.8. The van der Waals surface area contributed by atoms with Gasteiger partial charge >= 0.3 is 5.97 Å². The Hall–Kier alpha value is -3.03. The summed E-state index contributed by atoms with van der Waals surface area (Å²) in [5.41, 5.74) is -1.11. The highest BCUT2D eigenvalue weighted by Gasteiger charge is 2.61. The van der Waals surface area contributed by atoms with Gasteiger partial charge in [-0.2, -0.15) is 5.10 Å². The molecule has 1 fully saturated rings. The van der Waals surface area contributed by atoms with Crippen molar-refractivity contribution in [2.75, 3.05) is 11.5 Å². The van der Waals surface area contributed by atoms with Crippen molar-refractivity contribution >= 4 is 35.1 Å². The summed E-state index contributed by atoms with van der Waals surface area (Å²) in [6.07, 6.45) is -0.369. The minimum absolute atomic E-state index is 0.0342. The predicted molar refractivity (Wildman–Crippen MR) is 87.5 cm³/mol. The smallest absolute Gasteiger partial charge is 0.354 e. The molecule has 8 heteroatoms. The van der Waals surface area contributed by atoms with Gasteiger partial charge in [0, 0.05) is 13.3 Å². The van der Waals surface area contributed by atoms with Gasteiger partial charge in [-0.3, -0.25) is 14.4 Å². The highest BCUT2D eigenvalue weighted by Crippen LogP contribution is 2.40. The zero-order valence-corrected chi connectivity index (χ0v) is 13.9. The maximum Gasteiger partial charge on any atom is 0.354 e. The van der Waals surface area contributed by atoms with Crippen LogP contribution in [0, 0.1) is 0 Å². The molecule has 3 amide bonds. The van der Waals surface area contributed by atoms with Crippen LogP contribution in [0.15, 0.2) is 35.4 Å². The average Bonchev–Trinajstić information content (AvgIpc) is 3.08. The van der Waals surface area contributed by atoms with Crippen LogP contribution in [0.4, 0.5) is 5.69 Å². The quantitative estimate of drug-likeness (QED) is 0.599. The lowest BCUT2D eigenvalue weighted by Crippen LogP contribution is -2.51. The van der Waals surface area contributed by atoms with Gasteiger partial charge in [-0.15, -0.1) is 0 Å². The Kier molecular flexibility index (Phi) is 4.12. The molecule has 1 saturated heterocycles. The molecule has 0 N–H and O–H groups in total. The van der Waals surface area contributed by atoms with Gasteiger partial charge in [0.2, 0.25) is 11.8 Å². The highest BCUT2D eigenvalue weighted by atomic mass is 16.5. The molecule has 0 aromatic heterocycles. The minimum atomic E-state index is -1.50. The van der Waals surface area contributed by atoms with E-state index in [4.69, 9.17) is 4.74 Å². The Bertz CT molecular complexity index is 789. The molecule has 2 aliphatic rings. The first-order chi connectivity index (χ1) is 11.9. The SMILES string of the molecule is CCOC(=O)C1=NN(C(C)=O)[C@]2(CC(=O)N(c3ccccc3)C2=O)C1. The molecule has 2 aliphatic heterocycles. The van der Waals surface area contributed by atoms with Gasteiger partial charge in [0.15, 0.2) is 5.54 Å².